The minimum atomic E-state index is -0.462. The number of hydrogen-bond donors (Lipinski definition) is 2. The highest BCUT2D eigenvalue weighted by Gasteiger charge is 2.29. The molecule has 1 fully saturated rings. The van der Waals surface area contributed by atoms with E-state index in [9.17, 15) is 14.9 Å². The van der Waals surface area contributed by atoms with E-state index >= 15 is 0 Å². The van der Waals surface area contributed by atoms with E-state index in [1.54, 1.807) is 12.1 Å². The smallest absolute Gasteiger partial charge is 0.293 e. The summed E-state index contributed by atoms with van der Waals surface area (Å²) in [6.45, 7) is 11.5. The number of rotatable bonds is 7. The largest absolute Gasteiger partial charge is 0.379 e. The number of nitrogens with zero attached hydrogens (tertiary/aromatic N) is 2. The van der Waals surface area contributed by atoms with Crippen LogP contribution in [0.5, 0.6) is 0 Å². The fourth-order valence-electron chi connectivity index (χ4n) is 2.91. The first kappa shape index (κ1) is 20.1. The van der Waals surface area contributed by atoms with Crippen LogP contribution in [0.15, 0.2) is 18.2 Å². The quantitative estimate of drug-likeness (QED) is 0.569. The highest BCUT2D eigenvalue weighted by Crippen LogP contribution is 2.27. The molecule has 8 heteroatoms. The SMILES string of the molecule is CC(C)NC(=O)c1ccc(NCC(C)(C)N2CCOCC2)c([N+](=O)[O-])c1. The van der Waals surface area contributed by atoms with Crippen LogP contribution in [0.25, 0.3) is 0 Å². The van der Waals surface area contributed by atoms with Crippen molar-refractivity contribution in [1.29, 1.82) is 0 Å². The lowest BCUT2D eigenvalue weighted by Gasteiger charge is -2.41. The first-order valence-corrected chi connectivity index (χ1v) is 8.86. The lowest BCUT2D eigenvalue weighted by Crippen LogP contribution is -2.53. The minimum Gasteiger partial charge on any atom is -0.379 e. The Labute approximate surface area is 154 Å². The topological polar surface area (TPSA) is 96.7 Å². The summed E-state index contributed by atoms with van der Waals surface area (Å²) in [6, 6.07) is 4.49. The molecule has 2 rings (SSSR count). The van der Waals surface area contributed by atoms with Crippen LogP contribution >= 0.6 is 0 Å². The molecule has 0 saturated carbocycles. The molecule has 1 aliphatic rings. The predicted molar refractivity (Wildman–Crippen MR) is 101 cm³/mol. The number of nitro benzene ring substituents is 1. The predicted octanol–water partition coefficient (Wildman–Crippen LogP) is 2.26. The normalized spacial score (nSPS) is 15.7. The third-order valence-corrected chi connectivity index (χ3v) is 4.45. The summed E-state index contributed by atoms with van der Waals surface area (Å²) >= 11 is 0. The molecule has 8 nitrogen and oxygen atoms in total. The van der Waals surface area contributed by atoms with E-state index in [4.69, 9.17) is 4.74 Å². The van der Waals surface area contributed by atoms with E-state index in [-0.39, 0.29) is 28.7 Å². The number of hydrogen-bond acceptors (Lipinski definition) is 6. The molecule has 0 aromatic heterocycles. The Morgan fingerprint density at radius 2 is 2.00 bits per heavy atom. The average Bonchev–Trinajstić information content (AvgIpc) is 2.60. The molecule has 26 heavy (non-hydrogen) atoms. The average molecular weight is 364 g/mol. The van der Waals surface area contributed by atoms with Crippen molar-refractivity contribution in [2.45, 2.75) is 39.3 Å². The van der Waals surface area contributed by atoms with Gasteiger partial charge in [-0.25, -0.2) is 0 Å². The second-order valence-corrected chi connectivity index (χ2v) is 7.38. The summed E-state index contributed by atoms with van der Waals surface area (Å²) in [4.78, 5) is 25.4. The molecule has 0 radical (unpaired) electrons. The second kappa shape index (κ2) is 8.46. The second-order valence-electron chi connectivity index (χ2n) is 7.38. The van der Waals surface area contributed by atoms with Gasteiger partial charge in [-0.05, 0) is 39.8 Å². The van der Waals surface area contributed by atoms with Crippen LogP contribution in [-0.4, -0.2) is 60.2 Å². The third kappa shape index (κ3) is 5.15. The zero-order valence-corrected chi connectivity index (χ0v) is 15.9. The maximum Gasteiger partial charge on any atom is 0.293 e. The lowest BCUT2D eigenvalue weighted by atomic mass is 10.0. The molecule has 1 aliphatic heterocycles. The van der Waals surface area contributed by atoms with Gasteiger partial charge >= 0.3 is 0 Å². The Balaban J connectivity index is 2.13. The van der Waals surface area contributed by atoms with Crippen LogP contribution in [0.1, 0.15) is 38.1 Å². The summed E-state index contributed by atoms with van der Waals surface area (Å²) in [5, 5.41) is 17.4. The van der Waals surface area contributed by atoms with Crippen LogP contribution in [0.4, 0.5) is 11.4 Å². The molecule has 1 amide bonds. The number of ether oxygens (including phenoxy) is 1. The summed E-state index contributed by atoms with van der Waals surface area (Å²) in [5.74, 6) is -0.316. The van der Waals surface area contributed by atoms with E-state index < -0.39 is 4.92 Å². The number of carbonyl (C=O) groups is 1. The van der Waals surface area contributed by atoms with Crippen LogP contribution in [0.2, 0.25) is 0 Å². The van der Waals surface area contributed by atoms with E-state index in [0.29, 0.717) is 25.4 Å². The van der Waals surface area contributed by atoms with Crippen molar-refractivity contribution in [1.82, 2.24) is 10.2 Å². The number of morpholine rings is 1. The van der Waals surface area contributed by atoms with Gasteiger partial charge in [0.25, 0.3) is 11.6 Å². The summed E-state index contributed by atoms with van der Waals surface area (Å²) < 4.78 is 5.38. The van der Waals surface area contributed by atoms with Crippen molar-refractivity contribution < 1.29 is 14.5 Å². The van der Waals surface area contributed by atoms with Crippen LogP contribution in [0.3, 0.4) is 0 Å². The van der Waals surface area contributed by atoms with Crippen LogP contribution in [-0.2, 0) is 4.74 Å². The Kier molecular flexibility index (Phi) is 6.55. The fraction of sp³-hybridized carbons (Fsp3) is 0.611. The summed E-state index contributed by atoms with van der Waals surface area (Å²) in [5.41, 5.74) is 0.422. The van der Waals surface area contributed by atoms with Crippen LogP contribution < -0.4 is 10.6 Å². The van der Waals surface area contributed by atoms with Crippen molar-refractivity contribution in [3.63, 3.8) is 0 Å². The monoisotopic (exact) mass is 364 g/mol. The molecule has 1 aromatic carbocycles. The first-order valence-electron chi connectivity index (χ1n) is 8.86. The molecule has 1 heterocycles. The lowest BCUT2D eigenvalue weighted by molar-refractivity contribution is -0.384. The van der Waals surface area contributed by atoms with Gasteiger partial charge in [-0.3, -0.25) is 19.8 Å². The molecule has 0 aliphatic carbocycles. The standard InChI is InChI=1S/C18H28N4O4/c1-13(2)20-17(23)14-5-6-15(16(11-14)22(24)25)19-12-18(3,4)21-7-9-26-10-8-21/h5-6,11,13,19H,7-10,12H2,1-4H3,(H,20,23). The number of nitro groups is 1. The van der Waals surface area contributed by atoms with E-state index in [2.05, 4.69) is 29.4 Å². The Bertz CT molecular complexity index is 655. The van der Waals surface area contributed by atoms with Gasteiger partial charge < -0.3 is 15.4 Å². The molecule has 0 bridgehead atoms. The van der Waals surface area contributed by atoms with E-state index in [0.717, 1.165) is 13.1 Å². The number of amides is 1. The van der Waals surface area contributed by atoms with Crippen molar-refractivity contribution in [2.75, 3.05) is 38.2 Å². The highest BCUT2D eigenvalue weighted by molar-refractivity contribution is 5.95. The van der Waals surface area contributed by atoms with Gasteiger partial charge in [0.05, 0.1) is 18.1 Å². The van der Waals surface area contributed by atoms with Gasteiger partial charge in [-0.15, -0.1) is 0 Å². The molecule has 1 saturated heterocycles. The highest BCUT2D eigenvalue weighted by atomic mass is 16.6. The van der Waals surface area contributed by atoms with Crippen LogP contribution in [0, 0.1) is 10.1 Å². The van der Waals surface area contributed by atoms with Crippen molar-refractivity contribution in [3.8, 4) is 0 Å². The number of carbonyl (C=O) groups excluding carboxylic acids is 1. The Morgan fingerprint density at radius 1 is 1.35 bits per heavy atom. The molecular weight excluding hydrogens is 336 g/mol. The maximum absolute atomic E-state index is 12.1. The van der Waals surface area contributed by atoms with E-state index in [1.165, 1.54) is 6.07 Å². The van der Waals surface area contributed by atoms with Gasteiger partial charge in [0.2, 0.25) is 0 Å². The molecular formula is C18H28N4O4. The van der Waals surface area contributed by atoms with Crippen molar-refractivity contribution in [2.24, 2.45) is 0 Å². The minimum absolute atomic E-state index is 0.0336. The number of anilines is 1. The van der Waals surface area contributed by atoms with Gasteiger partial charge in [0.1, 0.15) is 5.69 Å². The van der Waals surface area contributed by atoms with Gasteiger partial charge in [0, 0.05) is 42.8 Å². The van der Waals surface area contributed by atoms with Gasteiger partial charge in [-0.2, -0.15) is 0 Å². The Hall–Kier alpha value is -2.19. The zero-order chi connectivity index (χ0) is 19.3. The maximum atomic E-state index is 12.1. The zero-order valence-electron chi connectivity index (χ0n) is 15.9. The van der Waals surface area contributed by atoms with Gasteiger partial charge in [0.15, 0.2) is 0 Å². The van der Waals surface area contributed by atoms with E-state index in [1.807, 2.05) is 13.8 Å². The first-order chi connectivity index (χ1) is 12.2. The fourth-order valence-corrected chi connectivity index (χ4v) is 2.91. The van der Waals surface area contributed by atoms with Crippen molar-refractivity contribution in [3.05, 3.63) is 33.9 Å². The third-order valence-electron chi connectivity index (χ3n) is 4.45. The molecule has 2 N–H and O–H groups in total. The molecule has 0 spiro atoms. The molecule has 0 atom stereocenters. The molecule has 1 aromatic rings. The Morgan fingerprint density at radius 3 is 2.58 bits per heavy atom. The summed E-state index contributed by atoms with van der Waals surface area (Å²) in [7, 11) is 0. The molecule has 144 valence electrons. The van der Waals surface area contributed by atoms with Gasteiger partial charge in [-0.1, -0.05) is 0 Å². The molecule has 0 unspecified atom stereocenters. The summed E-state index contributed by atoms with van der Waals surface area (Å²) in [6.07, 6.45) is 0. The number of nitrogens with one attached hydrogen (secondary N) is 2. The number of benzene rings is 1. The van der Waals surface area contributed by atoms with Crippen molar-refractivity contribution >= 4 is 17.3 Å².